The maximum atomic E-state index is 13.1. The Kier molecular flexibility index (Phi) is 5.83. The molecular formula is C22H27FN6O. The van der Waals surface area contributed by atoms with Crippen molar-refractivity contribution in [1.29, 1.82) is 0 Å². The average Bonchev–Trinajstić information content (AvgIpc) is 3.34. The average molecular weight is 410 g/mol. The van der Waals surface area contributed by atoms with Gasteiger partial charge < -0.3 is 10.2 Å². The Morgan fingerprint density at radius 2 is 2.07 bits per heavy atom. The monoisotopic (exact) mass is 410 g/mol. The molecule has 3 heterocycles. The molecular weight excluding hydrogens is 383 g/mol. The van der Waals surface area contributed by atoms with Crippen LogP contribution in [0.5, 0.6) is 0 Å². The Bertz CT molecular complexity index is 1010. The number of benzene rings is 1. The fraction of sp³-hybridized carbons (Fsp3) is 0.409. The number of H-pyrrole nitrogens is 1. The number of piperidine rings is 1. The van der Waals surface area contributed by atoms with Crippen LogP contribution in [0.4, 0.5) is 10.2 Å². The van der Waals surface area contributed by atoms with Crippen LogP contribution in [-0.4, -0.2) is 45.0 Å². The highest BCUT2D eigenvalue weighted by Gasteiger charge is 2.23. The van der Waals surface area contributed by atoms with Crippen LogP contribution in [0.2, 0.25) is 0 Å². The molecule has 1 aromatic carbocycles. The van der Waals surface area contributed by atoms with Gasteiger partial charge in [-0.2, -0.15) is 10.2 Å². The Morgan fingerprint density at radius 1 is 1.27 bits per heavy atom. The first-order valence-electron chi connectivity index (χ1n) is 10.3. The number of amides is 1. The number of halogens is 1. The highest BCUT2D eigenvalue weighted by Crippen LogP contribution is 2.24. The molecule has 1 aliphatic heterocycles. The predicted octanol–water partition coefficient (Wildman–Crippen LogP) is 3.20. The third-order valence-corrected chi connectivity index (χ3v) is 5.48. The van der Waals surface area contributed by atoms with E-state index in [1.54, 1.807) is 12.1 Å². The second-order valence-electron chi connectivity index (χ2n) is 7.90. The fourth-order valence-electron chi connectivity index (χ4n) is 3.96. The molecule has 2 N–H and O–H groups in total. The van der Waals surface area contributed by atoms with Crippen LogP contribution < -0.4 is 10.2 Å². The predicted molar refractivity (Wildman–Crippen MR) is 114 cm³/mol. The molecule has 8 heteroatoms. The number of nitrogens with zero attached hydrogens (tertiary/aromatic N) is 4. The quantitative estimate of drug-likeness (QED) is 0.654. The standard InChI is InChI=1S/C22H27FN6O/c1-15-12-16(2)29(27-15)11-9-22(30)24-19-4-3-10-28(14-19)21-13-20(25-26-21)17-5-7-18(23)8-6-17/h5-8,12-13,19H,3-4,9-11,14H2,1-2H3,(H,24,30)(H,25,26)/t19-/m0/s1. The summed E-state index contributed by atoms with van der Waals surface area (Å²) in [4.78, 5) is 14.6. The second kappa shape index (κ2) is 8.69. The fourth-order valence-corrected chi connectivity index (χ4v) is 3.96. The summed E-state index contributed by atoms with van der Waals surface area (Å²) in [5.74, 6) is 0.630. The van der Waals surface area contributed by atoms with E-state index in [0.29, 0.717) is 13.0 Å². The van der Waals surface area contributed by atoms with Gasteiger partial charge >= 0.3 is 0 Å². The van der Waals surface area contributed by atoms with Gasteiger partial charge in [0.25, 0.3) is 0 Å². The highest BCUT2D eigenvalue weighted by atomic mass is 19.1. The smallest absolute Gasteiger partial charge is 0.222 e. The zero-order valence-electron chi connectivity index (χ0n) is 17.4. The summed E-state index contributed by atoms with van der Waals surface area (Å²) in [5.41, 5.74) is 3.77. The Labute approximate surface area is 175 Å². The van der Waals surface area contributed by atoms with Gasteiger partial charge in [0.15, 0.2) is 5.82 Å². The molecule has 1 saturated heterocycles. The van der Waals surface area contributed by atoms with E-state index in [0.717, 1.165) is 54.4 Å². The summed E-state index contributed by atoms with van der Waals surface area (Å²) in [6, 6.07) is 10.4. The van der Waals surface area contributed by atoms with Gasteiger partial charge in [-0.25, -0.2) is 4.39 Å². The van der Waals surface area contributed by atoms with E-state index in [1.165, 1.54) is 12.1 Å². The normalized spacial score (nSPS) is 16.6. The molecule has 30 heavy (non-hydrogen) atoms. The number of rotatable bonds is 6. The van der Waals surface area contributed by atoms with Gasteiger partial charge in [-0.3, -0.25) is 14.6 Å². The van der Waals surface area contributed by atoms with Gasteiger partial charge in [-0.1, -0.05) is 0 Å². The summed E-state index contributed by atoms with van der Waals surface area (Å²) < 4.78 is 15.0. The van der Waals surface area contributed by atoms with Crippen molar-refractivity contribution in [2.45, 2.75) is 45.7 Å². The van der Waals surface area contributed by atoms with Gasteiger partial charge in [-0.15, -0.1) is 0 Å². The lowest BCUT2D eigenvalue weighted by molar-refractivity contribution is -0.122. The first-order valence-corrected chi connectivity index (χ1v) is 10.3. The molecule has 0 aliphatic carbocycles. The van der Waals surface area contributed by atoms with Gasteiger partial charge in [0.2, 0.25) is 5.91 Å². The van der Waals surface area contributed by atoms with E-state index < -0.39 is 0 Å². The molecule has 0 spiro atoms. The Balaban J connectivity index is 1.32. The number of hydrogen-bond acceptors (Lipinski definition) is 4. The molecule has 1 amide bonds. The van der Waals surface area contributed by atoms with E-state index in [1.807, 2.05) is 30.7 Å². The Hall–Kier alpha value is -3.16. The number of carbonyl (C=O) groups excluding carboxylic acids is 1. The largest absolute Gasteiger partial charge is 0.353 e. The summed E-state index contributed by atoms with van der Waals surface area (Å²) in [5, 5.41) is 15.0. The maximum Gasteiger partial charge on any atom is 0.222 e. The van der Waals surface area contributed by atoms with Gasteiger partial charge in [0.05, 0.1) is 11.4 Å². The van der Waals surface area contributed by atoms with E-state index in [-0.39, 0.29) is 17.8 Å². The lowest BCUT2D eigenvalue weighted by Crippen LogP contribution is -2.48. The number of aromatic amines is 1. The van der Waals surface area contributed by atoms with Crippen LogP contribution >= 0.6 is 0 Å². The van der Waals surface area contributed by atoms with Crippen molar-refractivity contribution in [2.75, 3.05) is 18.0 Å². The minimum Gasteiger partial charge on any atom is -0.353 e. The topological polar surface area (TPSA) is 78.8 Å². The lowest BCUT2D eigenvalue weighted by Gasteiger charge is -2.33. The molecule has 1 atom stereocenters. The van der Waals surface area contributed by atoms with Crippen molar-refractivity contribution in [1.82, 2.24) is 25.3 Å². The van der Waals surface area contributed by atoms with Crippen molar-refractivity contribution in [3.05, 3.63) is 53.6 Å². The van der Waals surface area contributed by atoms with E-state index in [9.17, 15) is 9.18 Å². The second-order valence-corrected chi connectivity index (χ2v) is 7.90. The van der Waals surface area contributed by atoms with Crippen molar-refractivity contribution in [2.24, 2.45) is 0 Å². The summed E-state index contributed by atoms with van der Waals surface area (Å²) >= 11 is 0. The number of nitrogens with one attached hydrogen (secondary N) is 2. The zero-order valence-corrected chi connectivity index (χ0v) is 17.4. The van der Waals surface area contributed by atoms with Crippen LogP contribution in [-0.2, 0) is 11.3 Å². The number of hydrogen-bond donors (Lipinski definition) is 2. The van der Waals surface area contributed by atoms with E-state index >= 15 is 0 Å². The van der Waals surface area contributed by atoms with Crippen LogP contribution in [0.25, 0.3) is 11.3 Å². The van der Waals surface area contributed by atoms with Crippen molar-refractivity contribution in [3.8, 4) is 11.3 Å². The third kappa shape index (κ3) is 4.69. The van der Waals surface area contributed by atoms with Gasteiger partial charge in [0.1, 0.15) is 5.82 Å². The van der Waals surface area contributed by atoms with Gasteiger partial charge in [0, 0.05) is 43.9 Å². The SMILES string of the molecule is Cc1cc(C)n(CCC(=O)N[C@H]2CCCN(c3cc(-c4ccc(F)cc4)[nH]n3)C2)n1. The molecule has 4 rings (SSSR count). The molecule has 158 valence electrons. The first-order chi connectivity index (χ1) is 14.5. The van der Waals surface area contributed by atoms with Crippen LogP contribution in [0.1, 0.15) is 30.7 Å². The molecule has 0 radical (unpaired) electrons. The number of anilines is 1. The highest BCUT2D eigenvalue weighted by molar-refractivity contribution is 5.76. The number of aryl methyl sites for hydroxylation is 3. The van der Waals surface area contributed by atoms with E-state index in [2.05, 4.69) is 25.5 Å². The molecule has 0 saturated carbocycles. The van der Waals surface area contributed by atoms with Crippen molar-refractivity contribution >= 4 is 11.7 Å². The molecule has 1 fully saturated rings. The molecule has 0 bridgehead atoms. The van der Waals surface area contributed by atoms with Crippen molar-refractivity contribution < 1.29 is 9.18 Å². The number of carbonyl (C=O) groups is 1. The zero-order chi connectivity index (χ0) is 21.1. The van der Waals surface area contributed by atoms with Crippen molar-refractivity contribution in [3.63, 3.8) is 0 Å². The van der Waals surface area contributed by atoms with Crippen LogP contribution in [0.3, 0.4) is 0 Å². The minimum absolute atomic E-state index is 0.0448. The maximum absolute atomic E-state index is 13.1. The molecule has 3 aromatic rings. The molecule has 7 nitrogen and oxygen atoms in total. The Morgan fingerprint density at radius 3 is 2.80 bits per heavy atom. The molecule has 2 aromatic heterocycles. The molecule has 0 unspecified atom stereocenters. The van der Waals surface area contributed by atoms with E-state index in [4.69, 9.17) is 0 Å². The lowest BCUT2D eigenvalue weighted by atomic mass is 10.1. The van der Waals surface area contributed by atoms with Crippen LogP contribution in [0, 0.1) is 19.7 Å². The summed E-state index contributed by atoms with van der Waals surface area (Å²) in [6.07, 6.45) is 2.36. The minimum atomic E-state index is -0.258. The summed E-state index contributed by atoms with van der Waals surface area (Å²) in [6.45, 7) is 6.16. The van der Waals surface area contributed by atoms with Crippen LogP contribution in [0.15, 0.2) is 36.4 Å². The summed E-state index contributed by atoms with van der Waals surface area (Å²) in [7, 11) is 0. The number of aromatic nitrogens is 4. The first kappa shape index (κ1) is 20.1. The third-order valence-electron chi connectivity index (χ3n) is 5.48. The molecule has 1 aliphatic rings. The van der Waals surface area contributed by atoms with Gasteiger partial charge in [-0.05, 0) is 62.6 Å².